The van der Waals surface area contributed by atoms with Crippen LogP contribution in [0.15, 0.2) is 49.3 Å². The van der Waals surface area contributed by atoms with E-state index in [-0.39, 0.29) is 23.6 Å². The zero-order valence-corrected chi connectivity index (χ0v) is 28.2. The predicted molar refractivity (Wildman–Crippen MR) is 181 cm³/mol. The number of benzene rings is 1. The van der Waals surface area contributed by atoms with Crippen molar-refractivity contribution < 1.29 is 13.9 Å². The Bertz CT molecular complexity index is 1480. The number of ether oxygens (including phenoxy) is 1. The third kappa shape index (κ3) is 7.83. The second-order valence-electron chi connectivity index (χ2n) is 14.3. The van der Waals surface area contributed by atoms with Crippen LogP contribution in [-0.4, -0.2) is 86.5 Å². The molecule has 0 bridgehead atoms. The molecule has 2 aliphatic heterocycles. The highest BCUT2D eigenvalue weighted by molar-refractivity contribution is 5.97. The summed E-state index contributed by atoms with van der Waals surface area (Å²) in [6.07, 6.45) is 15.2. The Kier molecular flexibility index (Phi) is 10.2. The van der Waals surface area contributed by atoms with Gasteiger partial charge in [-0.05, 0) is 121 Å². The van der Waals surface area contributed by atoms with Gasteiger partial charge in [-0.1, -0.05) is 0 Å². The highest BCUT2D eigenvalue weighted by Gasteiger charge is 2.39. The Morgan fingerprint density at radius 2 is 1.72 bits per heavy atom. The van der Waals surface area contributed by atoms with Crippen LogP contribution in [0.5, 0.6) is 11.5 Å². The zero-order valence-electron chi connectivity index (χ0n) is 28.2. The number of hydrogen-bond donors (Lipinski definition) is 1. The predicted octanol–water partition coefficient (Wildman–Crippen LogP) is 6.42. The number of anilines is 2. The Morgan fingerprint density at radius 1 is 0.979 bits per heavy atom. The molecule has 4 heterocycles. The maximum atomic E-state index is 14.4. The maximum Gasteiger partial charge on any atom is 0.258 e. The van der Waals surface area contributed by atoms with Crippen LogP contribution >= 0.6 is 0 Å². The number of carbonyl (C=O) groups excluding carboxylic acids is 1. The Morgan fingerprint density at radius 3 is 2.43 bits per heavy atom. The molecule has 1 aliphatic carbocycles. The van der Waals surface area contributed by atoms with Crippen molar-refractivity contribution in [3.05, 3.63) is 60.7 Å². The van der Waals surface area contributed by atoms with E-state index in [9.17, 15) is 9.18 Å². The van der Waals surface area contributed by atoms with Crippen molar-refractivity contribution in [2.45, 2.75) is 90.8 Å². The summed E-state index contributed by atoms with van der Waals surface area (Å²) in [5.41, 5.74) is 0.678. The summed E-state index contributed by atoms with van der Waals surface area (Å²) in [6, 6.07) is 6.46. The van der Waals surface area contributed by atoms with Crippen molar-refractivity contribution in [2.24, 2.45) is 11.3 Å². The fourth-order valence-electron chi connectivity index (χ4n) is 7.91. The lowest BCUT2D eigenvalue weighted by Crippen LogP contribution is -2.45. The van der Waals surface area contributed by atoms with Crippen LogP contribution in [0.3, 0.4) is 0 Å². The smallest absolute Gasteiger partial charge is 0.258 e. The largest absolute Gasteiger partial charge is 0.451 e. The van der Waals surface area contributed by atoms with Gasteiger partial charge in [-0.3, -0.25) is 4.79 Å². The van der Waals surface area contributed by atoms with Crippen molar-refractivity contribution in [2.75, 3.05) is 42.9 Å². The average molecular weight is 645 g/mol. The highest BCUT2D eigenvalue weighted by Crippen LogP contribution is 2.45. The maximum absolute atomic E-state index is 14.4. The molecular formula is C36H49FN8O2. The standard InChI is InChI=1S/C36H49FN8O2/c1-25(2)45(26(3)4)35(46)30-19-28(37)5-6-31(30)47-32-20-39-24-41-34(32)44-16-10-27(22-44)21-43-17-13-36(14-18-43)11-7-29(8-12-36)42-33-9-15-38-23-40-33/h5-6,9,15,19-20,23-27,29H,7-8,10-14,16-18,21-22H2,1-4H3,(H,38,40,42). The van der Waals surface area contributed by atoms with Crippen LogP contribution in [0.1, 0.15) is 83.0 Å². The topological polar surface area (TPSA) is 99.6 Å². The first kappa shape index (κ1) is 33.1. The molecule has 11 heteroatoms. The Hall–Kier alpha value is -3.86. The van der Waals surface area contributed by atoms with Crippen LogP contribution in [0.25, 0.3) is 0 Å². The van der Waals surface area contributed by atoms with Gasteiger partial charge in [-0.2, -0.15) is 0 Å². The number of piperidine rings is 1. The van der Waals surface area contributed by atoms with Crippen molar-refractivity contribution in [3.8, 4) is 11.5 Å². The van der Waals surface area contributed by atoms with E-state index in [0.717, 1.165) is 45.0 Å². The fraction of sp³-hybridized carbons (Fsp3) is 0.583. The minimum atomic E-state index is -0.480. The van der Waals surface area contributed by atoms with E-state index in [1.54, 1.807) is 23.6 Å². The van der Waals surface area contributed by atoms with Gasteiger partial charge in [-0.25, -0.2) is 24.3 Å². The van der Waals surface area contributed by atoms with Crippen LogP contribution < -0.4 is 15.0 Å². The zero-order chi connectivity index (χ0) is 33.0. The van der Waals surface area contributed by atoms with Gasteiger partial charge in [0.15, 0.2) is 11.6 Å². The molecule has 6 rings (SSSR count). The lowest BCUT2D eigenvalue weighted by molar-refractivity contribution is 0.0584. The van der Waals surface area contributed by atoms with Gasteiger partial charge >= 0.3 is 0 Å². The molecule has 1 spiro atoms. The Labute approximate surface area is 278 Å². The number of nitrogens with one attached hydrogen (secondary N) is 1. The molecule has 2 saturated heterocycles. The highest BCUT2D eigenvalue weighted by atomic mass is 19.1. The number of aromatic nitrogens is 4. The summed E-state index contributed by atoms with van der Waals surface area (Å²) in [6.45, 7) is 13.0. The number of halogens is 1. The molecular weight excluding hydrogens is 595 g/mol. The summed E-state index contributed by atoms with van der Waals surface area (Å²) >= 11 is 0. The number of carbonyl (C=O) groups is 1. The first-order chi connectivity index (χ1) is 22.7. The van der Waals surface area contributed by atoms with E-state index in [1.807, 2.05) is 33.8 Å². The second kappa shape index (κ2) is 14.5. The van der Waals surface area contributed by atoms with Gasteiger partial charge < -0.3 is 24.8 Å². The lowest BCUT2D eigenvalue weighted by Gasteiger charge is -2.46. The SMILES string of the molecule is CC(C)N(C(=O)c1cc(F)ccc1Oc1cncnc1N1CCC(CN2CCC3(CCC(Nc4ccncn4)CC3)CC2)C1)C(C)C. The van der Waals surface area contributed by atoms with Crippen LogP contribution in [-0.2, 0) is 0 Å². The van der Waals surface area contributed by atoms with Crippen LogP contribution in [0, 0.1) is 17.2 Å². The molecule has 10 nitrogen and oxygen atoms in total. The van der Waals surface area contributed by atoms with Gasteiger partial charge in [-0.15, -0.1) is 0 Å². The van der Waals surface area contributed by atoms with Crippen LogP contribution in [0.4, 0.5) is 16.0 Å². The van der Waals surface area contributed by atoms with E-state index < -0.39 is 5.82 Å². The van der Waals surface area contributed by atoms with Gasteiger partial charge in [0.25, 0.3) is 5.91 Å². The summed E-state index contributed by atoms with van der Waals surface area (Å²) < 4.78 is 20.7. The Balaban J connectivity index is 1.04. The number of likely N-dealkylation sites (tertiary alicyclic amines) is 1. The molecule has 3 aliphatic rings. The van der Waals surface area contributed by atoms with Crippen molar-refractivity contribution >= 4 is 17.5 Å². The molecule has 1 amide bonds. The summed E-state index contributed by atoms with van der Waals surface area (Å²) in [7, 11) is 0. The molecule has 2 aromatic heterocycles. The molecule has 3 aromatic rings. The van der Waals surface area contributed by atoms with Crippen molar-refractivity contribution in [1.29, 1.82) is 0 Å². The van der Waals surface area contributed by atoms with Gasteiger partial charge in [0.1, 0.15) is 30.0 Å². The quantitative estimate of drug-likeness (QED) is 0.268. The molecule has 0 radical (unpaired) electrons. The molecule has 1 saturated carbocycles. The number of hydrogen-bond acceptors (Lipinski definition) is 9. The van der Waals surface area contributed by atoms with E-state index >= 15 is 0 Å². The van der Waals surface area contributed by atoms with Crippen molar-refractivity contribution in [1.82, 2.24) is 29.7 Å². The summed E-state index contributed by atoms with van der Waals surface area (Å²) in [5.74, 6) is 2.20. The minimum Gasteiger partial charge on any atom is -0.451 e. The first-order valence-electron chi connectivity index (χ1n) is 17.3. The van der Waals surface area contributed by atoms with Crippen molar-refractivity contribution in [3.63, 3.8) is 0 Å². The molecule has 1 unspecified atom stereocenters. The second-order valence-corrected chi connectivity index (χ2v) is 14.3. The lowest BCUT2D eigenvalue weighted by atomic mass is 9.67. The molecule has 47 heavy (non-hydrogen) atoms. The summed E-state index contributed by atoms with van der Waals surface area (Å²) in [5, 5.41) is 3.60. The molecule has 1 N–H and O–H groups in total. The number of rotatable bonds is 10. The number of amides is 1. The molecule has 1 aromatic carbocycles. The minimum absolute atomic E-state index is 0.0469. The third-order valence-electron chi connectivity index (χ3n) is 10.4. The normalized spacial score (nSPS) is 20.2. The van der Waals surface area contributed by atoms with Gasteiger partial charge in [0.2, 0.25) is 0 Å². The third-order valence-corrected chi connectivity index (χ3v) is 10.4. The van der Waals surface area contributed by atoms with E-state index in [4.69, 9.17) is 4.74 Å². The van der Waals surface area contributed by atoms with Gasteiger partial charge in [0, 0.05) is 44.0 Å². The van der Waals surface area contributed by atoms with E-state index in [2.05, 4.69) is 35.1 Å². The van der Waals surface area contributed by atoms with E-state index in [1.165, 1.54) is 63.1 Å². The monoisotopic (exact) mass is 644 g/mol. The van der Waals surface area contributed by atoms with E-state index in [0.29, 0.717) is 34.7 Å². The molecule has 1 atom stereocenters. The molecule has 252 valence electrons. The van der Waals surface area contributed by atoms with Gasteiger partial charge in [0.05, 0.1) is 11.8 Å². The fourth-order valence-corrected chi connectivity index (χ4v) is 7.91. The summed E-state index contributed by atoms with van der Waals surface area (Å²) in [4.78, 5) is 37.4. The average Bonchev–Trinajstić information content (AvgIpc) is 3.53. The van der Waals surface area contributed by atoms with Crippen LogP contribution in [0.2, 0.25) is 0 Å². The molecule has 3 fully saturated rings. The first-order valence-corrected chi connectivity index (χ1v) is 17.3. The number of nitrogens with zero attached hydrogens (tertiary/aromatic N) is 7.